The van der Waals surface area contributed by atoms with Gasteiger partial charge >= 0.3 is 0 Å². The first kappa shape index (κ1) is 18.1. The Hall–Kier alpha value is -0.240. The molecule has 6 heteroatoms. The maximum atomic E-state index is 8.47. The van der Waals surface area contributed by atoms with E-state index in [-0.39, 0.29) is 0 Å². The summed E-state index contributed by atoms with van der Waals surface area (Å²) < 4.78 is 14.4. The van der Waals surface area contributed by atoms with Crippen molar-refractivity contribution in [2.75, 3.05) is 21.3 Å². The summed E-state index contributed by atoms with van der Waals surface area (Å²) in [4.78, 5) is 0. The molecule has 0 radical (unpaired) electrons. The van der Waals surface area contributed by atoms with E-state index in [4.69, 9.17) is 29.5 Å². The fraction of sp³-hybridized carbons (Fsp3) is 1.00. The van der Waals surface area contributed by atoms with Gasteiger partial charge in [-0.05, 0) is 0 Å². The molecular formula is C10H24O6. The van der Waals surface area contributed by atoms with Gasteiger partial charge in [0.1, 0.15) is 0 Å². The molecule has 3 N–H and O–H groups in total. The average Bonchev–Trinajstić information content (AvgIpc) is 2.14. The van der Waals surface area contributed by atoms with Gasteiger partial charge in [0.15, 0.2) is 0 Å². The van der Waals surface area contributed by atoms with Crippen LogP contribution in [0.1, 0.15) is 27.7 Å². The van der Waals surface area contributed by atoms with E-state index in [0.717, 1.165) is 0 Å². The zero-order chi connectivity index (χ0) is 13.6. The average molecular weight is 240 g/mol. The third-order valence-corrected chi connectivity index (χ3v) is 2.12. The number of rotatable bonds is 3. The standard InChI is InChI=1S/2C5H12O3/c1-5(6-2,7-3)8-4;1-4(2,3)5(6,7)8/h1-4H3;6-8H,1-3H3. The van der Waals surface area contributed by atoms with E-state index >= 15 is 0 Å². The summed E-state index contributed by atoms with van der Waals surface area (Å²) in [6.45, 7) is 6.25. The predicted octanol–water partition coefficient (Wildman–Crippen LogP) is 0.262. The van der Waals surface area contributed by atoms with Gasteiger partial charge in [0, 0.05) is 33.7 Å². The quantitative estimate of drug-likeness (QED) is 0.613. The molecule has 0 spiro atoms. The van der Waals surface area contributed by atoms with Crippen LogP contribution in [0.5, 0.6) is 0 Å². The highest BCUT2D eigenvalue weighted by molar-refractivity contribution is 4.68. The molecule has 0 atom stereocenters. The lowest BCUT2D eigenvalue weighted by Gasteiger charge is -2.28. The molecule has 0 saturated carbocycles. The first-order valence-corrected chi connectivity index (χ1v) is 4.76. The second-order valence-corrected chi connectivity index (χ2v) is 4.36. The largest absolute Gasteiger partial charge is 0.343 e. The molecule has 0 aromatic carbocycles. The summed E-state index contributed by atoms with van der Waals surface area (Å²) in [6.07, 6.45) is 0. The van der Waals surface area contributed by atoms with Crippen LogP contribution in [-0.2, 0) is 14.2 Å². The molecule has 0 amide bonds. The minimum atomic E-state index is -2.56. The van der Waals surface area contributed by atoms with Gasteiger partial charge in [0.25, 0.3) is 11.9 Å². The Morgan fingerprint density at radius 2 is 0.875 bits per heavy atom. The molecule has 100 valence electrons. The number of hydrogen-bond donors (Lipinski definition) is 3. The molecule has 0 aliphatic carbocycles. The SMILES string of the molecule is CC(C)(C)C(O)(O)O.COC(C)(OC)OC. The normalized spacial score (nSPS) is 13.1. The fourth-order valence-corrected chi connectivity index (χ4v) is 0.250. The van der Waals surface area contributed by atoms with Gasteiger partial charge in [-0.3, -0.25) is 0 Å². The molecule has 0 aromatic rings. The molecule has 16 heavy (non-hydrogen) atoms. The molecule has 6 nitrogen and oxygen atoms in total. The molecule has 0 bridgehead atoms. The first-order valence-electron chi connectivity index (χ1n) is 4.76. The number of methoxy groups -OCH3 is 3. The summed E-state index contributed by atoms with van der Waals surface area (Å²) >= 11 is 0. The highest BCUT2D eigenvalue weighted by Crippen LogP contribution is 2.24. The van der Waals surface area contributed by atoms with E-state index < -0.39 is 17.4 Å². The molecule has 0 saturated heterocycles. The van der Waals surface area contributed by atoms with Crippen molar-refractivity contribution in [3.63, 3.8) is 0 Å². The monoisotopic (exact) mass is 240 g/mol. The van der Waals surface area contributed by atoms with E-state index in [2.05, 4.69) is 0 Å². The van der Waals surface area contributed by atoms with Crippen molar-refractivity contribution in [3.05, 3.63) is 0 Å². The highest BCUT2D eigenvalue weighted by atomic mass is 16.9. The third kappa shape index (κ3) is 7.10. The molecule has 0 rings (SSSR count). The van der Waals surface area contributed by atoms with Crippen molar-refractivity contribution in [3.8, 4) is 0 Å². The Balaban J connectivity index is 0. The first-order chi connectivity index (χ1) is 6.93. The summed E-state index contributed by atoms with van der Waals surface area (Å²) in [6, 6.07) is 0. The smallest absolute Gasteiger partial charge is 0.280 e. The maximum absolute atomic E-state index is 8.47. The molecule has 0 aliphatic rings. The van der Waals surface area contributed by atoms with Crippen molar-refractivity contribution in [2.45, 2.75) is 39.6 Å². The van der Waals surface area contributed by atoms with Gasteiger partial charge in [-0.15, -0.1) is 0 Å². The minimum absolute atomic E-state index is 0.875. The summed E-state index contributed by atoms with van der Waals surface area (Å²) in [5.74, 6) is -3.44. The van der Waals surface area contributed by atoms with Gasteiger partial charge < -0.3 is 29.5 Å². The molecule has 0 unspecified atom stereocenters. The van der Waals surface area contributed by atoms with Gasteiger partial charge in [-0.1, -0.05) is 20.8 Å². The van der Waals surface area contributed by atoms with Crippen LogP contribution in [0.15, 0.2) is 0 Å². The Morgan fingerprint density at radius 1 is 0.688 bits per heavy atom. The van der Waals surface area contributed by atoms with Gasteiger partial charge in [-0.2, -0.15) is 0 Å². The van der Waals surface area contributed by atoms with Gasteiger partial charge in [0.05, 0.1) is 0 Å². The van der Waals surface area contributed by atoms with Crippen LogP contribution in [0.25, 0.3) is 0 Å². The van der Waals surface area contributed by atoms with Gasteiger partial charge in [-0.25, -0.2) is 0 Å². The van der Waals surface area contributed by atoms with Crippen molar-refractivity contribution in [1.82, 2.24) is 0 Å². The third-order valence-electron chi connectivity index (χ3n) is 2.12. The van der Waals surface area contributed by atoms with Crippen LogP contribution in [0.3, 0.4) is 0 Å². The molecule has 0 aromatic heterocycles. The highest BCUT2D eigenvalue weighted by Gasteiger charge is 2.35. The predicted molar refractivity (Wildman–Crippen MR) is 58.3 cm³/mol. The van der Waals surface area contributed by atoms with E-state index in [1.807, 2.05) is 0 Å². The van der Waals surface area contributed by atoms with E-state index in [1.54, 1.807) is 6.92 Å². The van der Waals surface area contributed by atoms with Crippen LogP contribution in [0, 0.1) is 5.41 Å². The van der Waals surface area contributed by atoms with E-state index in [0.29, 0.717) is 0 Å². The second kappa shape index (κ2) is 6.48. The van der Waals surface area contributed by atoms with E-state index in [9.17, 15) is 0 Å². The molecule has 0 aliphatic heterocycles. The second-order valence-electron chi connectivity index (χ2n) is 4.36. The Kier molecular flexibility index (Phi) is 7.35. The lowest BCUT2D eigenvalue weighted by molar-refractivity contribution is -0.363. The van der Waals surface area contributed by atoms with Crippen molar-refractivity contribution in [1.29, 1.82) is 0 Å². The van der Waals surface area contributed by atoms with Crippen LogP contribution >= 0.6 is 0 Å². The van der Waals surface area contributed by atoms with Crippen LogP contribution < -0.4 is 0 Å². The van der Waals surface area contributed by atoms with Crippen molar-refractivity contribution < 1.29 is 29.5 Å². The zero-order valence-corrected chi connectivity index (χ0v) is 11.1. The number of hydrogen-bond acceptors (Lipinski definition) is 6. The number of ether oxygens (including phenoxy) is 3. The number of aliphatic hydroxyl groups is 3. The summed E-state index contributed by atoms with van der Waals surface area (Å²) in [7, 11) is 4.56. The molecule has 0 fully saturated rings. The Morgan fingerprint density at radius 3 is 0.875 bits per heavy atom. The Bertz CT molecular complexity index is 154. The van der Waals surface area contributed by atoms with E-state index in [1.165, 1.54) is 42.1 Å². The minimum Gasteiger partial charge on any atom is -0.343 e. The fourth-order valence-electron chi connectivity index (χ4n) is 0.250. The van der Waals surface area contributed by atoms with Crippen LogP contribution in [0.2, 0.25) is 0 Å². The van der Waals surface area contributed by atoms with Gasteiger partial charge in [0.2, 0.25) is 0 Å². The molecule has 0 heterocycles. The molecular weight excluding hydrogens is 216 g/mol. The lowest BCUT2D eigenvalue weighted by Crippen LogP contribution is -2.42. The topological polar surface area (TPSA) is 88.4 Å². The van der Waals surface area contributed by atoms with Crippen LogP contribution in [-0.4, -0.2) is 48.6 Å². The summed E-state index contributed by atoms with van der Waals surface area (Å²) in [5.41, 5.74) is -0.896. The maximum Gasteiger partial charge on any atom is 0.280 e. The van der Waals surface area contributed by atoms with Crippen molar-refractivity contribution >= 4 is 0 Å². The van der Waals surface area contributed by atoms with Crippen LogP contribution in [0.4, 0.5) is 0 Å². The lowest BCUT2D eigenvalue weighted by atomic mass is 9.94. The van der Waals surface area contributed by atoms with Crippen molar-refractivity contribution in [2.24, 2.45) is 5.41 Å². The zero-order valence-electron chi connectivity index (χ0n) is 11.1. The summed E-state index contributed by atoms with van der Waals surface area (Å²) in [5, 5.41) is 25.4. The Labute approximate surface area is 96.8 Å².